The quantitative estimate of drug-likeness (QED) is 0.670. The molecule has 0 atom stereocenters. The Bertz CT molecular complexity index is 969. The summed E-state index contributed by atoms with van der Waals surface area (Å²) in [4.78, 5) is 19.9. The van der Waals surface area contributed by atoms with Gasteiger partial charge in [-0.15, -0.1) is 11.3 Å². The molecule has 6 heteroatoms. The van der Waals surface area contributed by atoms with Crippen LogP contribution in [0.3, 0.4) is 0 Å². The van der Waals surface area contributed by atoms with Gasteiger partial charge >= 0.3 is 0 Å². The summed E-state index contributed by atoms with van der Waals surface area (Å²) in [6, 6.07) is 15.9. The molecule has 1 aromatic heterocycles. The van der Waals surface area contributed by atoms with Crippen LogP contribution in [0.5, 0.6) is 11.5 Å². The summed E-state index contributed by atoms with van der Waals surface area (Å²) in [6.45, 7) is 2.64. The molecule has 0 aliphatic carbocycles. The minimum absolute atomic E-state index is 0.0121. The minimum atomic E-state index is -0.0121. The van der Waals surface area contributed by atoms with Gasteiger partial charge in [-0.1, -0.05) is 36.4 Å². The maximum atomic E-state index is 12.9. The number of carbonyl (C=O) groups excluding carboxylic acids is 1. The first-order valence-electron chi connectivity index (χ1n) is 8.74. The number of carbonyl (C=O) groups is 1. The molecule has 5 nitrogen and oxygen atoms in total. The molecule has 2 heterocycles. The van der Waals surface area contributed by atoms with Gasteiger partial charge in [0, 0.05) is 20.0 Å². The average Bonchev–Trinajstić information content (AvgIpc) is 3.27. The molecule has 1 amide bonds. The third-order valence-electron chi connectivity index (χ3n) is 4.44. The van der Waals surface area contributed by atoms with Crippen molar-refractivity contribution in [2.24, 2.45) is 0 Å². The van der Waals surface area contributed by atoms with Gasteiger partial charge in [-0.25, -0.2) is 4.98 Å². The van der Waals surface area contributed by atoms with Crippen LogP contribution < -0.4 is 9.47 Å². The summed E-state index contributed by atoms with van der Waals surface area (Å²) < 4.78 is 10.7. The highest BCUT2D eigenvalue weighted by Crippen LogP contribution is 2.33. The van der Waals surface area contributed by atoms with E-state index < -0.39 is 0 Å². The standard InChI is InChI=1S/C21H20N2O3S/c1-14-20(27-19(22-14)11-15-6-4-3-5-7-15)21(24)23(2)12-16-8-9-17-18(10-16)26-13-25-17/h3-10H,11-13H2,1-2H3. The fraction of sp³-hybridized carbons (Fsp3) is 0.238. The molecule has 138 valence electrons. The lowest BCUT2D eigenvalue weighted by Gasteiger charge is -2.16. The number of benzene rings is 2. The Morgan fingerprint density at radius 2 is 1.89 bits per heavy atom. The monoisotopic (exact) mass is 380 g/mol. The predicted molar refractivity (Wildman–Crippen MR) is 104 cm³/mol. The third kappa shape index (κ3) is 3.80. The van der Waals surface area contributed by atoms with E-state index in [2.05, 4.69) is 17.1 Å². The van der Waals surface area contributed by atoms with Crippen LogP contribution in [0.4, 0.5) is 0 Å². The smallest absolute Gasteiger partial charge is 0.265 e. The van der Waals surface area contributed by atoms with Gasteiger partial charge in [0.25, 0.3) is 5.91 Å². The highest BCUT2D eigenvalue weighted by molar-refractivity contribution is 7.13. The lowest BCUT2D eigenvalue weighted by Crippen LogP contribution is -2.26. The largest absolute Gasteiger partial charge is 0.454 e. The molecule has 1 aliphatic heterocycles. The molecule has 1 aliphatic rings. The van der Waals surface area contributed by atoms with Crippen LogP contribution in [0.2, 0.25) is 0 Å². The molecule has 27 heavy (non-hydrogen) atoms. The summed E-state index contributed by atoms with van der Waals surface area (Å²) >= 11 is 1.47. The van der Waals surface area contributed by atoms with E-state index in [0.717, 1.165) is 34.2 Å². The van der Waals surface area contributed by atoms with E-state index in [9.17, 15) is 4.79 Å². The topological polar surface area (TPSA) is 51.7 Å². The molecule has 0 bridgehead atoms. The van der Waals surface area contributed by atoms with E-state index in [0.29, 0.717) is 11.4 Å². The lowest BCUT2D eigenvalue weighted by molar-refractivity contribution is 0.0789. The van der Waals surface area contributed by atoms with Crippen molar-refractivity contribution in [2.75, 3.05) is 13.8 Å². The molecule has 3 aromatic rings. The second-order valence-electron chi connectivity index (χ2n) is 6.53. The lowest BCUT2D eigenvalue weighted by atomic mass is 10.2. The molecule has 0 N–H and O–H groups in total. The fourth-order valence-electron chi connectivity index (χ4n) is 3.06. The first-order chi connectivity index (χ1) is 13.1. The van der Waals surface area contributed by atoms with Crippen molar-refractivity contribution in [1.29, 1.82) is 0 Å². The highest BCUT2D eigenvalue weighted by atomic mass is 32.1. The first kappa shape index (κ1) is 17.5. The number of rotatable bonds is 5. The predicted octanol–water partition coefficient (Wildman–Crippen LogP) is 4.04. The molecule has 0 unspecified atom stereocenters. The zero-order valence-electron chi connectivity index (χ0n) is 15.3. The van der Waals surface area contributed by atoms with Crippen molar-refractivity contribution in [1.82, 2.24) is 9.88 Å². The summed E-state index contributed by atoms with van der Waals surface area (Å²) in [5.41, 5.74) is 2.98. The zero-order chi connectivity index (χ0) is 18.8. The summed E-state index contributed by atoms with van der Waals surface area (Å²) in [5, 5.41) is 0.957. The number of amides is 1. The van der Waals surface area contributed by atoms with Crippen molar-refractivity contribution in [3.05, 3.63) is 75.2 Å². The van der Waals surface area contributed by atoms with Crippen molar-refractivity contribution < 1.29 is 14.3 Å². The number of hydrogen-bond donors (Lipinski definition) is 0. The Balaban J connectivity index is 1.47. The SMILES string of the molecule is Cc1nc(Cc2ccccc2)sc1C(=O)N(C)Cc1ccc2c(c1)OCO2. The normalized spacial score (nSPS) is 12.2. The second-order valence-corrected chi connectivity index (χ2v) is 7.62. The van der Waals surface area contributed by atoms with E-state index in [-0.39, 0.29) is 12.7 Å². The van der Waals surface area contributed by atoms with Crippen molar-refractivity contribution in [2.45, 2.75) is 19.9 Å². The van der Waals surface area contributed by atoms with Gasteiger partial charge in [0.1, 0.15) is 4.88 Å². The van der Waals surface area contributed by atoms with Gasteiger partial charge < -0.3 is 14.4 Å². The maximum absolute atomic E-state index is 12.9. The molecule has 4 rings (SSSR count). The van der Waals surface area contributed by atoms with Crippen LogP contribution >= 0.6 is 11.3 Å². The number of fused-ring (bicyclic) bond motifs is 1. The molecule has 2 aromatic carbocycles. The van der Waals surface area contributed by atoms with E-state index in [1.807, 2.05) is 50.4 Å². The van der Waals surface area contributed by atoms with Crippen molar-refractivity contribution in [3.8, 4) is 11.5 Å². The molecular weight excluding hydrogens is 360 g/mol. The van der Waals surface area contributed by atoms with Crippen molar-refractivity contribution >= 4 is 17.2 Å². The molecular formula is C21H20N2O3S. The number of aryl methyl sites for hydroxylation is 1. The molecule has 0 saturated heterocycles. The Morgan fingerprint density at radius 1 is 1.11 bits per heavy atom. The number of hydrogen-bond acceptors (Lipinski definition) is 5. The van der Waals surface area contributed by atoms with Crippen LogP contribution in [0.15, 0.2) is 48.5 Å². The van der Waals surface area contributed by atoms with Crippen LogP contribution in [-0.2, 0) is 13.0 Å². The third-order valence-corrected chi connectivity index (χ3v) is 5.58. The number of thiazole rings is 1. The fourth-order valence-corrected chi connectivity index (χ4v) is 4.15. The van der Waals surface area contributed by atoms with Crippen molar-refractivity contribution in [3.63, 3.8) is 0 Å². The van der Waals surface area contributed by atoms with Crippen LogP contribution in [0.25, 0.3) is 0 Å². The summed E-state index contributed by atoms with van der Waals surface area (Å²) in [5.74, 6) is 1.46. The maximum Gasteiger partial charge on any atom is 0.265 e. The Labute approximate surface area is 162 Å². The van der Waals surface area contributed by atoms with Gasteiger partial charge in [-0.2, -0.15) is 0 Å². The number of ether oxygens (including phenoxy) is 2. The van der Waals surface area contributed by atoms with E-state index in [1.54, 1.807) is 4.90 Å². The van der Waals surface area contributed by atoms with Gasteiger partial charge in [0.05, 0.1) is 10.7 Å². The summed E-state index contributed by atoms with van der Waals surface area (Å²) in [6.07, 6.45) is 0.742. The van der Waals surface area contributed by atoms with E-state index in [4.69, 9.17) is 9.47 Å². The van der Waals surface area contributed by atoms with Crippen LogP contribution in [0.1, 0.15) is 31.5 Å². The van der Waals surface area contributed by atoms with E-state index in [1.165, 1.54) is 16.9 Å². The molecule has 0 saturated carbocycles. The first-order valence-corrected chi connectivity index (χ1v) is 9.56. The number of aromatic nitrogens is 1. The highest BCUT2D eigenvalue weighted by Gasteiger charge is 2.20. The zero-order valence-corrected chi connectivity index (χ0v) is 16.1. The van der Waals surface area contributed by atoms with Gasteiger partial charge in [-0.3, -0.25) is 4.79 Å². The van der Waals surface area contributed by atoms with E-state index >= 15 is 0 Å². The average molecular weight is 380 g/mol. The minimum Gasteiger partial charge on any atom is -0.454 e. The van der Waals surface area contributed by atoms with Gasteiger partial charge in [0.15, 0.2) is 11.5 Å². The van der Waals surface area contributed by atoms with Gasteiger partial charge in [0.2, 0.25) is 6.79 Å². The molecule has 0 spiro atoms. The Kier molecular flexibility index (Phi) is 4.81. The molecule has 0 fully saturated rings. The second kappa shape index (κ2) is 7.40. The Morgan fingerprint density at radius 3 is 2.70 bits per heavy atom. The van der Waals surface area contributed by atoms with Gasteiger partial charge in [-0.05, 0) is 30.2 Å². The number of nitrogens with zero attached hydrogens (tertiary/aromatic N) is 2. The Hall–Kier alpha value is -2.86. The summed E-state index contributed by atoms with van der Waals surface area (Å²) in [7, 11) is 1.81. The van der Waals surface area contributed by atoms with Crippen LogP contribution in [0, 0.1) is 6.92 Å². The van der Waals surface area contributed by atoms with Crippen LogP contribution in [-0.4, -0.2) is 29.6 Å². The molecule has 0 radical (unpaired) electrons.